The van der Waals surface area contributed by atoms with Crippen molar-refractivity contribution in [3.05, 3.63) is 0 Å². The van der Waals surface area contributed by atoms with Gasteiger partial charge in [0.05, 0.1) is 6.04 Å². The Morgan fingerprint density at radius 2 is 2.09 bits per heavy atom. The van der Waals surface area contributed by atoms with E-state index in [2.05, 4.69) is 12.7 Å². The summed E-state index contributed by atoms with van der Waals surface area (Å²) in [5, 5.41) is 0. The third-order valence-corrected chi connectivity index (χ3v) is 1.76. The van der Waals surface area contributed by atoms with Gasteiger partial charge in [-0.15, -0.1) is 0 Å². The number of carbonyl (C=O) groups is 1. The second-order valence-electron chi connectivity index (χ2n) is 2.73. The van der Waals surface area contributed by atoms with E-state index in [0.717, 1.165) is 32.0 Å². The van der Waals surface area contributed by atoms with Crippen molar-refractivity contribution >= 4 is 6.29 Å². The quantitative estimate of drug-likeness (QED) is 0.364. The van der Waals surface area contributed by atoms with Crippen LogP contribution in [0.5, 0.6) is 0 Å². The number of carbonyl (C=O) groups excluding carboxylic acids is 1. The first-order chi connectivity index (χ1) is 4.81. The van der Waals surface area contributed by atoms with Crippen molar-refractivity contribution in [2.75, 3.05) is 0 Å². The highest BCUT2D eigenvalue weighted by Crippen LogP contribution is 2.01. The van der Waals surface area contributed by atoms with Crippen LogP contribution in [0.1, 0.15) is 39.0 Å². The van der Waals surface area contributed by atoms with Crippen molar-refractivity contribution in [3.8, 4) is 0 Å². The summed E-state index contributed by atoms with van der Waals surface area (Å²) in [5.41, 5.74) is 3.97. The minimum Gasteiger partial charge on any atom is -1.00 e. The van der Waals surface area contributed by atoms with Crippen LogP contribution in [0.15, 0.2) is 0 Å². The third kappa shape index (κ3) is 9.92. The predicted molar refractivity (Wildman–Crippen MR) is 41.5 cm³/mol. The third-order valence-electron chi connectivity index (χ3n) is 1.76. The van der Waals surface area contributed by atoms with Gasteiger partial charge >= 0.3 is 0 Å². The van der Waals surface area contributed by atoms with Gasteiger partial charge in [-0.1, -0.05) is 6.92 Å². The Morgan fingerprint density at radius 1 is 1.45 bits per heavy atom. The summed E-state index contributed by atoms with van der Waals surface area (Å²) >= 11 is 0. The van der Waals surface area contributed by atoms with Gasteiger partial charge in [0, 0.05) is 6.42 Å². The molecule has 3 heteroatoms. The van der Waals surface area contributed by atoms with Gasteiger partial charge in [0.15, 0.2) is 0 Å². The first-order valence-electron chi connectivity index (χ1n) is 4.08. The molecule has 0 aromatic heterocycles. The van der Waals surface area contributed by atoms with Gasteiger partial charge in [-0.25, -0.2) is 0 Å². The normalized spacial score (nSPS) is 11.8. The summed E-state index contributed by atoms with van der Waals surface area (Å²) in [5.74, 6) is 0. The van der Waals surface area contributed by atoms with E-state index in [1.807, 2.05) is 0 Å². The van der Waals surface area contributed by atoms with Crippen molar-refractivity contribution in [3.63, 3.8) is 0 Å². The van der Waals surface area contributed by atoms with Crippen LogP contribution < -0.4 is 18.1 Å². The molecule has 0 aliphatic carbocycles. The number of hydrogen-bond acceptors (Lipinski definition) is 1. The molecule has 0 saturated heterocycles. The second-order valence-corrected chi connectivity index (χ2v) is 2.73. The van der Waals surface area contributed by atoms with Crippen LogP contribution in [0.4, 0.5) is 0 Å². The zero-order chi connectivity index (χ0) is 7.82. The van der Waals surface area contributed by atoms with E-state index in [0.29, 0.717) is 6.04 Å². The highest BCUT2D eigenvalue weighted by Gasteiger charge is 2.00. The highest BCUT2D eigenvalue weighted by molar-refractivity contribution is 5.48. The molecule has 0 aliphatic rings. The summed E-state index contributed by atoms with van der Waals surface area (Å²) in [7, 11) is 0. The molecule has 68 valence electrons. The Morgan fingerprint density at radius 3 is 2.55 bits per heavy atom. The zero-order valence-corrected chi connectivity index (χ0v) is 7.94. The maximum atomic E-state index is 9.90. The monoisotopic (exact) mass is 179 g/mol. The molecule has 2 nitrogen and oxygen atoms in total. The molecule has 1 atom stereocenters. The fourth-order valence-electron chi connectivity index (χ4n) is 0.865. The Balaban J connectivity index is 0. The highest BCUT2D eigenvalue weighted by atomic mass is 35.5. The van der Waals surface area contributed by atoms with Crippen molar-refractivity contribution in [2.45, 2.75) is 45.1 Å². The van der Waals surface area contributed by atoms with Gasteiger partial charge in [0.2, 0.25) is 0 Å². The first-order valence-corrected chi connectivity index (χ1v) is 4.08. The second kappa shape index (κ2) is 9.92. The summed E-state index contributed by atoms with van der Waals surface area (Å²) in [6.07, 6.45) is 6.22. The van der Waals surface area contributed by atoms with E-state index in [1.165, 1.54) is 6.42 Å². The fraction of sp³-hybridized carbons (Fsp3) is 0.875. The number of aldehydes is 1. The Bertz CT molecular complexity index is 88.2. The summed E-state index contributed by atoms with van der Waals surface area (Å²) < 4.78 is 0. The standard InChI is InChI=1S/C8H17NO.ClH/c1-2-8(9)6-4-3-5-7-10;/h7-8H,2-6,9H2,1H3;1H. The van der Waals surface area contributed by atoms with Crippen LogP contribution in [-0.2, 0) is 4.79 Å². The van der Waals surface area contributed by atoms with E-state index in [9.17, 15) is 4.79 Å². The van der Waals surface area contributed by atoms with Crippen molar-refractivity contribution < 1.29 is 22.9 Å². The molecule has 0 aromatic carbocycles. The van der Waals surface area contributed by atoms with Gasteiger partial charge in [0.25, 0.3) is 0 Å². The number of hydrogen-bond donors (Lipinski definition) is 1. The summed E-state index contributed by atoms with van der Waals surface area (Å²) in [4.78, 5) is 9.90. The molecule has 0 saturated carbocycles. The smallest absolute Gasteiger partial charge is 0.119 e. The Kier molecular flexibility index (Phi) is 12.2. The zero-order valence-electron chi connectivity index (χ0n) is 7.18. The topological polar surface area (TPSA) is 44.7 Å². The number of rotatable bonds is 6. The van der Waals surface area contributed by atoms with E-state index >= 15 is 0 Å². The van der Waals surface area contributed by atoms with Gasteiger partial charge in [0.1, 0.15) is 6.29 Å². The minimum absolute atomic E-state index is 0. The van der Waals surface area contributed by atoms with E-state index in [1.54, 1.807) is 0 Å². The molecule has 0 radical (unpaired) electrons. The molecule has 0 spiro atoms. The van der Waals surface area contributed by atoms with Gasteiger partial charge < -0.3 is 22.9 Å². The van der Waals surface area contributed by atoms with Gasteiger partial charge in [-0.2, -0.15) is 0 Å². The van der Waals surface area contributed by atoms with E-state index in [4.69, 9.17) is 0 Å². The molecule has 1 unspecified atom stereocenters. The van der Waals surface area contributed by atoms with Crippen LogP contribution in [0.3, 0.4) is 0 Å². The molecule has 0 fully saturated rings. The molecular formula is C8H18ClNO. The lowest BCUT2D eigenvalue weighted by molar-refractivity contribution is -0.421. The predicted octanol–water partition coefficient (Wildman–Crippen LogP) is -2.23. The fourth-order valence-corrected chi connectivity index (χ4v) is 0.865. The van der Waals surface area contributed by atoms with Crippen LogP contribution in [-0.4, -0.2) is 12.3 Å². The van der Waals surface area contributed by atoms with E-state index in [-0.39, 0.29) is 12.4 Å². The van der Waals surface area contributed by atoms with Gasteiger partial charge in [-0.3, -0.25) is 0 Å². The average molecular weight is 180 g/mol. The molecule has 0 bridgehead atoms. The molecule has 0 aliphatic heterocycles. The SMILES string of the molecule is CCC([NH3+])CCCCC=O.[Cl-]. The molecule has 3 N–H and O–H groups in total. The maximum absolute atomic E-state index is 9.90. The molecule has 0 aromatic rings. The largest absolute Gasteiger partial charge is 1.00 e. The molecular weight excluding hydrogens is 162 g/mol. The lowest BCUT2D eigenvalue weighted by atomic mass is 10.1. The number of quaternary nitrogens is 1. The Hall–Kier alpha value is -0.0800. The van der Waals surface area contributed by atoms with Crippen LogP contribution in [0.25, 0.3) is 0 Å². The van der Waals surface area contributed by atoms with E-state index < -0.39 is 0 Å². The van der Waals surface area contributed by atoms with Crippen molar-refractivity contribution in [1.29, 1.82) is 0 Å². The van der Waals surface area contributed by atoms with Crippen LogP contribution >= 0.6 is 0 Å². The number of halogens is 1. The maximum Gasteiger partial charge on any atom is 0.119 e. The molecule has 0 rings (SSSR count). The van der Waals surface area contributed by atoms with Crippen LogP contribution in [0.2, 0.25) is 0 Å². The lowest BCUT2D eigenvalue weighted by Crippen LogP contribution is -3.00. The van der Waals surface area contributed by atoms with Crippen molar-refractivity contribution in [1.82, 2.24) is 0 Å². The van der Waals surface area contributed by atoms with Crippen LogP contribution in [0, 0.1) is 0 Å². The van der Waals surface area contributed by atoms with Gasteiger partial charge in [-0.05, 0) is 25.7 Å². The Labute approximate surface area is 74.9 Å². The first kappa shape index (κ1) is 13.5. The summed E-state index contributed by atoms with van der Waals surface area (Å²) in [6, 6.07) is 0.589. The lowest BCUT2D eigenvalue weighted by Gasteiger charge is -2.02. The van der Waals surface area contributed by atoms with Crippen molar-refractivity contribution in [2.24, 2.45) is 0 Å². The molecule has 0 heterocycles. The average Bonchev–Trinajstić information content (AvgIpc) is 1.98. The molecule has 11 heavy (non-hydrogen) atoms. The number of unbranched alkanes of at least 4 members (excludes halogenated alkanes) is 2. The summed E-state index contributed by atoms with van der Waals surface area (Å²) in [6.45, 7) is 2.15. The minimum atomic E-state index is 0. The molecule has 0 amide bonds.